The Morgan fingerprint density at radius 1 is 0.964 bits per heavy atom. The van der Waals surface area contributed by atoms with Crippen molar-refractivity contribution in [3.63, 3.8) is 0 Å². The van der Waals surface area contributed by atoms with E-state index in [2.05, 4.69) is 57.6 Å². The highest BCUT2D eigenvalue weighted by Crippen LogP contribution is 2.21. The molecule has 0 aliphatic carbocycles. The number of nitrogens with zero attached hydrogens (tertiary/aromatic N) is 2. The van der Waals surface area contributed by atoms with Gasteiger partial charge < -0.3 is 15.0 Å². The molecule has 4 rings (SSSR count). The SMILES string of the molecule is COc1cccc(NC(=S)N2CCN(Cc3cccc4ccccc34)CC2)c1. The molecule has 144 valence electrons. The molecular weight excluding hydrogens is 366 g/mol. The Hall–Kier alpha value is -2.63. The molecule has 0 amide bonds. The second kappa shape index (κ2) is 8.59. The smallest absolute Gasteiger partial charge is 0.173 e. The van der Waals surface area contributed by atoms with Crippen LogP contribution in [-0.4, -0.2) is 48.2 Å². The van der Waals surface area contributed by atoms with Gasteiger partial charge in [-0.25, -0.2) is 0 Å². The normalized spacial score (nSPS) is 14.8. The van der Waals surface area contributed by atoms with Gasteiger partial charge in [-0.1, -0.05) is 48.5 Å². The summed E-state index contributed by atoms with van der Waals surface area (Å²) in [6.45, 7) is 4.85. The highest BCUT2D eigenvalue weighted by molar-refractivity contribution is 7.80. The molecule has 3 aromatic rings. The molecule has 0 saturated carbocycles. The van der Waals surface area contributed by atoms with Crippen LogP contribution in [0.4, 0.5) is 5.69 Å². The van der Waals surface area contributed by atoms with Gasteiger partial charge in [0.1, 0.15) is 5.75 Å². The molecule has 5 heteroatoms. The van der Waals surface area contributed by atoms with Gasteiger partial charge in [-0.3, -0.25) is 4.90 Å². The summed E-state index contributed by atoms with van der Waals surface area (Å²) < 4.78 is 5.28. The molecule has 3 aromatic carbocycles. The molecule has 0 atom stereocenters. The summed E-state index contributed by atoms with van der Waals surface area (Å²) in [5.41, 5.74) is 2.35. The molecule has 4 nitrogen and oxygen atoms in total. The van der Waals surface area contributed by atoms with E-state index in [1.54, 1.807) is 7.11 Å². The van der Waals surface area contributed by atoms with Crippen molar-refractivity contribution in [2.24, 2.45) is 0 Å². The number of anilines is 1. The summed E-state index contributed by atoms with van der Waals surface area (Å²) >= 11 is 5.62. The Labute approximate surface area is 171 Å². The number of nitrogens with one attached hydrogen (secondary N) is 1. The van der Waals surface area contributed by atoms with Crippen molar-refractivity contribution in [1.29, 1.82) is 0 Å². The average molecular weight is 392 g/mol. The van der Waals surface area contributed by atoms with Crippen molar-refractivity contribution in [2.45, 2.75) is 6.54 Å². The number of piperazine rings is 1. The van der Waals surface area contributed by atoms with E-state index in [1.165, 1.54) is 16.3 Å². The Morgan fingerprint density at radius 3 is 2.54 bits per heavy atom. The maximum atomic E-state index is 5.62. The molecule has 1 saturated heterocycles. The molecule has 1 heterocycles. The number of thiocarbonyl (C=S) groups is 1. The van der Waals surface area contributed by atoms with Crippen molar-refractivity contribution in [3.05, 3.63) is 72.3 Å². The van der Waals surface area contributed by atoms with Gasteiger partial charge in [0.2, 0.25) is 0 Å². The van der Waals surface area contributed by atoms with E-state index in [-0.39, 0.29) is 0 Å². The second-order valence-electron chi connectivity index (χ2n) is 7.06. The fourth-order valence-electron chi connectivity index (χ4n) is 3.68. The van der Waals surface area contributed by atoms with Gasteiger partial charge in [0.05, 0.1) is 7.11 Å². The third-order valence-electron chi connectivity index (χ3n) is 5.25. The Kier molecular flexibility index (Phi) is 5.74. The number of hydrogen-bond donors (Lipinski definition) is 1. The first-order valence-corrected chi connectivity index (χ1v) is 10.0. The van der Waals surface area contributed by atoms with Crippen LogP contribution in [0.3, 0.4) is 0 Å². The zero-order valence-electron chi connectivity index (χ0n) is 16.1. The van der Waals surface area contributed by atoms with Crippen LogP contribution in [0, 0.1) is 0 Å². The topological polar surface area (TPSA) is 27.7 Å². The molecule has 1 aliphatic heterocycles. The monoisotopic (exact) mass is 391 g/mol. The van der Waals surface area contributed by atoms with Crippen LogP contribution < -0.4 is 10.1 Å². The van der Waals surface area contributed by atoms with Gasteiger partial charge in [0, 0.05) is 44.5 Å². The van der Waals surface area contributed by atoms with E-state index in [0.29, 0.717) is 0 Å². The van der Waals surface area contributed by atoms with Crippen molar-refractivity contribution in [2.75, 3.05) is 38.6 Å². The second-order valence-corrected chi connectivity index (χ2v) is 7.45. The Balaban J connectivity index is 1.34. The minimum absolute atomic E-state index is 0.776. The lowest BCUT2D eigenvalue weighted by atomic mass is 10.0. The molecule has 0 unspecified atom stereocenters. The molecular formula is C23H25N3OS. The van der Waals surface area contributed by atoms with Gasteiger partial charge in [-0.15, -0.1) is 0 Å². The van der Waals surface area contributed by atoms with E-state index in [4.69, 9.17) is 17.0 Å². The molecule has 0 spiro atoms. The predicted octanol–water partition coefficient (Wildman–Crippen LogP) is 4.36. The van der Waals surface area contributed by atoms with E-state index in [9.17, 15) is 0 Å². The van der Waals surface area contributed by atoms with Crippen LogP contribution >= 0.6 is 12.2 Å². The maximum Gasteiger partial charge on any atom is 0.173 e. The van der Waals surface area contributed by atoms with Gasteiger partial charge in [-0.05, 0) is 40.7 Å². The Morgan fingerprint density at radius 2 is 1.71 bits per heavy atom. The van der Waals surface area contributed by atoms with Crippen LogP contribution in [0.5, 0.6) is 5.75 Å². The lowest BCUT2D eigenvalue weighted by Gasteiger charge is -2.36. The molecule has 0 aromatic heterocycles. The molecule has 1 fully saturated rings. The number of rotatable bonds is 4. The Bertz CT molecular complexity index is 961. The number of hydrogen-bond acceptors (Lipinski definition) is 3. The van der Waals surface area contributed by atoms with Gasteiger partial charge in [0.25, 0.3) is 0 Å². The van der Waals surface area contributed by atoms with Crippen molar-refractivity contribution in [1.82, 2.24) is 9.80 Å². The van der Waals surface area contributed by atoms with Crippen molar-refractivity contribution in [3.8, 4) is 5.75 Å². The standard InChI is InChI=1S/C23H25N3OS/c1-27-21-10-5-9-20(16-21)24-23(28)26-14-12-25(13-15-26)17-19-8-4-7-18-6-2-3-11-22(18)19/h2-11,16H,12-15,17H2,1H3,(H,24,28). The van der Waals surface area contributed by atoms with Crippen LogP contribution in [0.25, 0.3) is 10.8 Å². The average Bonchev–Trinajstić information content (AvgIpc) is 2.74. The first-order valence-electron chi connectivity index (χ1n) is 9.62. The zero-order chi connectivity index (χ0) is 19.3. The first kappa shape index (κ1) is 18.7. The summed E-state index contributed by atoms with van der Waals surface area (Å²) in [5, 5.41) is 6.77. The fraction of sp³-hybridized carbons (Fsp3) is 0.261. The highest BCUT2D eigenvalue weighted by Gasteiger charge is 2.19. The minimum atomic E-state index is 0.776. The van der Waals surface area contributed by atoms with E-state index in [1.807, 2.05) is 24.3 Å². The summed E-state index contributed by atoms with van der Waals surface area (Å²) in [4.78, 5) is 4.75. The third-order valence-corrected chi connectivity index (χ3v) is 5.61. The number of methoxy groups -OCH3 is 1. The quantitative estimate of drug-likeness (QED) is 0.667. The van der Waals surface area contributed by atoms with Gasteiger partial charge in [-0.2, -0.15) is 0 Å². The maximum absolute atomic E-state index is 5.62. The van der Waals surface area contributed by atoms with E-state index >= 15 is 0 Å². The van der Waals surface area contributed by atoms with Crippen LogP contribution in [0.15, 0.2) is 66.7 Å². The van der Waals surface area contributed by atoms with Crippen LogP contribution in [-0.2, 0) is 6.54 Å². The summed E-state index contributed by atoms with van der Waals surface area (Å²) in [5.74, 6) is 0.827. The van der Waals surface area contributed by atoms with Crippen molar-refractivity contribution < 1.29 is 4.74 Å². The lowest BCUT2D eigenvalue weighted by Crippen LogP contribution is -2.49. The first-order chi connectivity index (χ1) is 13.7. The summed E-state index contributed by atoms with van der Waals surface area (Å²) in [6, 6.07) is 23.0. The summed E-state index contributed by atoms with van der Waals surface area (Å²) in [6.07, 6.45) is 0. The minimum Gasteiger partial charge on any atom is -0.497 e. The van der Waals surface area contributed by atoms with Gasteiger partial charge in [0.15, 0.2) is 5.11 Å². The van der Waals surface area contributed by atoms with Gasteiger partial charge >= 0.3 is 0 Å². The molecule has 1 N–H and O–H groups in total. The fourth-order valence-corrected chi connectivity index (χ4v) is 3.98. The zero-order valence-corrected chi connectivity index (χ0v) is 16.9. The van der Waals surface area contributed by atoms with Crippen molar-refractivity contribution >= 4 is 33.8 Å². The predicted molar refractivity (Wildman–Crippen MR) is 120 cm³/mol. The number of fused-ring (bicyclic) bond motifs is 1. The van der Waals surface area contributed by atoms with Crippen LogP contribution in [0.1, 0.15) is 5.56 Å². The third kappa shape index (κ3) is 4.26. The molecule has 28 heavy (non-hydrogen) atoms. The lowest BCUT2D eigenvalue weighted by molar-refractivity contribution is 0.177. The van der Waals surface area contributed by atoms with Crippen LogP contribution in [0.2, 0.25) is 0 Å². The molecule has 1 aliphatic rings. The summed E-state index contributed by atoms with van der Waals surface area (Å²) in [7, 11) is 1.67. The highest BCUT2D eigenvalue weighted by atomic mass is 32.1. The molecule has 0 radical (unpaired) electrons. The molecule has 0 bridgehead atoms. The van der Waals surface area contributed by atoms with E-state index in [0.717, 1.165) is 49.3 Å². The number of ether oxygens (including phenoxy) is 1. The largest absolute Gasteiger partial charge is 0.497 e. The van der Waals surface area contributed by atoms with E-state index < -0.39 is 0 Å². The number of benzene rings is 3.